The Hall–Kier alpha value is -8.70. The van der Waals surface area contributed by atoms with Gasteiger partial charge in [-0.1, -0.05) is 103 Å². The number of carbonyl (C=O) groups is 4. The first kappa shape index (κ1) is 41.5. The summed E-state index contributed by atoms with van der Waals surface area (Å²) in [5, 5.41) is 0. The van der Waals surface area contributed by atoms with Gasteiger partial charge in [0.1, 0.15) is 0 Å². The minimum atomic E-state index is -0.597. The molecule has 10 bridgehead atoms. The van der Waals surface area contributed by atoms with Crippen LogP contribution in [0.2, 0.25) is 0 Å². The Morgan fingerprint density at radius 3 is 1.11 bits per heavy atom. The maximum Gasteiger partial charge on any atom is 0.334 e. The summed E-state index contributed by atoms with van der Waals surface area (Å²) in [5.74, 6) is -4.13. The highest BCUT2D eigenvalue weighted by molar-refractivity contribution is 6.23. The second-order valence-electron chi connectivity index (χ2n) is 18.6. The number of hydrogen-bond donors (Lipinski definition) is 2. The molecule has 6 aliphatic rings. The van der Waals surface area contributed by atoms with Crippen molar-refractivity contribution in [2.75, 3.05) is 19.1 Å². The van der Waals surface area contributed by atoms with Gasteiger partial charge in [-0.05, 0) is 101 Å². The van der Waals surface area contributed by atoms with Gasteiger partial charge in [-0.25, -0.2) is 19.6 Å². The average molecular weight is 918 g/mol. The first-order valence-electron chi connectivity index (χ1n) is 23.5. The SMILES string of the molecule is COC(=O)C1=C(C(=O)OC)[C@H]2[C@H]3C[C@@H]([C@@H]12)[C@@H]1C(=O)N(c2ccc(-c4c5nc(c(-c6ccccc6)c6ccc([nH]6)c(-c6ccccc6)c6nc(c(-c7ccccc7)c7ccc4[nH]7)C=C6)C=C5)cc2)C(=O)[C@H]31. The molecule has 6 atom stereocenters. The van der Waals surface area contributed by atoms with Crippen LogP contribution in [-0.4, -0.2) is 57.9 Å². The largest absolute Gasteiger partial charge is 0.466 e. The summed E-state index contributed by atoms with van der Waals surface area (Å²) in [6, 6.07) is 46.7. The Morgan fingerprint density at radius 1 is 0.457 bits per heavy atom. The molecular formula is C59H43N5O6. The number of benzene rings is 4. The van der Waals surface area contributed by atoms with Crippen molar-refractivity contribution >= 4 is 75.8 Å². The Bertz CT molecular complexity index is 3570. The van der Waals surface area contributed by atoms with E-state index in [2.05, 4.69) is 88.9 Å². The number of aromatic amines is 2. The molecule has 2 saturated carbocycles. The van der Waals surface area contributed by atoms with Crippen LogP contribution in [0.1, 0.15) is 29.2 Å². The number of nitrogens with zero attached hydrogens (tertiary/aromatic N) is 3. The monoisotopic (exact) mass is 917 g/mol. The first-order chi connectivity index (χ1) is 34.3. The molecule has 3 aliphatic carbocycles. The van der Waals surface area contributed by atoms with Gasteiger partial charge in [0.2, 0.25) is 11.8 Å². The van der Waals surface area contributed by atoms with Crippen molar-refractivity contribution in [1.82, 2.24) is 19.9 Å². The molecule has 340 valence electrons. The smallest absolute Gasteiger partial charge is 0.334 e. The molecule has 70 heavy (non-hydrogen) atoms. The lowest BCUT2D eigenvalue weighted by Gasteiger charge is -2.44. The number of H-pyrrole nitrogens is 2. The molecule has 0 radical (unpaired) electrons. The first-order valence-corrected chi connectivity index (χ1v) is 23.5. The van der Waals surface area contributed by atoms with Crippen LogP contribution in [0, 0.1) is 35.5 Å². The molecule has 0 spiro atoms. The van der Waals surface area contributed by atoms with Gasteiger partial charge in [-0.2, -0.15) is 0 Å². The number of carbonyl (C=O) groups excluding carboxylic acids is 4. The fraction of sp³-hybridized carbons (Fsp3) is 0.153. The molecule has 11 nitrogen and oxygen atoms in total. The number of anilines is 1. The normalized spacial score (nSPS) is 21.5. The number of methoxy groups -OCH3 is 2. The van der Waals surface area contributed by atoms with Crippen LogP contribution in [0.25, 0.3) is 90.9 Å². The molecule has 13 rings (SSSR count). The van der Waals surface area contributed by atoms with Crippen molar-refractivity contribution in [3.05, 3.63) is 173 Å². The van der Waals surface area contributed by atoms with Crippen molar-refractivity contribution in [3.63, 3.8) is 0 Å². The van der Waals surface area contributed by atoms with E-state index in [-0.39, 0.29) is 46.6 Å². The van der Waals surface area contributed by atoms with Gasteiger partial charge in [-0.3, -0.25) is 14.5 Å². The van der Waals surface area contributed by atoms with Crippen LogP contribution >= 0.6 is 0 Å². The van der Waals surface area contributed by atoms with Crippen LogP contribution in [0.3, 0.4) is 0 Å². The number of aromatic nitrogens is 4. The van der Waals surface area contributed by atoms with Gasteiger partial charge in [0.25, 0.3) is 0 Å². The molecule has 2 amide bonds. The topological polar surface area (TPSA) is 147 Å². The molecule has 11 heteroatoms. The van der Waals surface area contributed by atoms with E-state index in [1.54, 1.807) is 0 Å². The Morgan fingerprint density at radius 2 is 0.786 bits per heavy atom. The van der Waals surface area contributed by atoms with Gasteiger partial charge in [-0.15, -0.1) is 0 Å². The van der Waals surface area contributed by atoms with Gasteiger partial charge < -0.3 is 19.4 Å². The molecule has 6 heterocycles. The number of nitrogens with one attached hydrogen (secondary N) is 2. The second-order valence-corrected chi connectivity index (χ2v) is 18.6. The molecule has 0 unspecified atom stereocenters. The summed E-state index contributed by atoms with van der Waals surface area (Å²) in [4.78, 5) is 74.6. The standard InChI is InChI=1S/C59H43N5O6/c1-69-58(67)54-50-36-30-37(51(50)55(54)59(68)70-2)53-52(36)56(65)64(57(53)66)35-20-18-34(19-21-35)49-44-28-26-42(62-44)47(32-14-8-4-9-15-32)40-24-22-38(60-40)46(31-12-6-3-7-13-31)39-23-25-41(61-39)48(33-16-10-5-11-17-33)43-27-29-45(49)63-43/h3-29,36-37,50-53,60,63H,30H2,1-2H3/t36-,37+,50+,51-,52-,53+. The van der Waals surface area contributed by atoms with Crippen molar-refractivity contribution in [1.29, 1.82) is 0 Å². The Kier molecular flexibility index (Phi) is 9.45. The Balaban J connectivity index is 0.982. The molecule has 2 N–H and O–H groups in total. The molecular weight excluding hydrogens is 875 g/mol. The van der Waals surface area contributed by atoms with E-state index < -0.39 is 23.8 Å². The van der Waals surface area contributed by atoms with E-state index in [4.69, 9.17) is 19.4 Å². The zero-order chi connectivity index (χ0) is 47.4. The molecule has 4 aromatic carbocycles. The lowest BCUT2D eigenvalue weighted by molar-refractivity contribution is -0.144. The van der Waals surface area contributed by atoms with E-state index in [1.165, 1.54) is 19.1 Å². The van der Waals surface area contributed by atoms with E-state index in [0.717, 1.165) is 89.4 Å². The highest BCUT2D eigenvalue weighted by Crippen LogP contribution is 2.69. The third-order valence-corrected chi connectivity index (χ3v) is 15.3. The lowest BCUT2D eigenvalue weighted by atomic mass is 9.56. The van der Waals surface area contributed by atoms with Gasteiger partial charge in [0, 0.05) is 56.2 Å². The van der Waals surface area contributed by atoms with Crippen molar-refractivity contribution in [3.8, 4) is 44.5 Å². The number of fused-ring (bicyclic) bond motifs is 16. The van der Waals surface area contributed by atoms with Gasteiger partial charge in [0.05, 0.1) is 65.7 Å². The number of hydrogen-bond acceptors (Lipinski definition) is 8. The van der Waals surface area contributed by atoms with Crippen molar-refractivity contribution in [2.45, 2.75) is 6.42 Å². The molecule has 3 aromatic heterocycles. The van der Waals surface area contributed by atoms with Crippen LogP contribution in [-0.2, 0) is 28.7 Å². The van der Waals surface area contributed by atoms with Crippen molar-refractivity contribution < 1.29 is 28.7 Å². The quantitative estimate of drug-likeness (QED) is 0.119. The maximum absolute atomic E-state index is 14.5. The number of esters is 2. The van der Waals surface area contributed by atoms with Gasteiger partial charge in [0.15, 0.2) is 0 Å². The van der Waals surface area contributed by atoms with Crippen LogP contribution in [0.4, 0.5) is 5.69 Å². The minimum absolute atomic E-state index is 0.260. The predicted octanol–water partition coefficient (Wildman–Crippen LogP) is 11.0. The fourth-order valence-corrected chi connectivity index (χ4v) is 12.5. The molecule has 7 aromatic rings. The number of ether oxygens (including phenoxy) is 2. The Labute approximate surface area is 401 Å². The zero-order valence-electron chi connectivity index (χ0n) is 38.1. The summed E-state index contributed by atoms with van der Waals surface area (Å²) in [6.07, 6.45) is 8.83. The number of rotatable bonds is 7. The summed E-state index contributed by atoms with van der Waals surface area (Å²) in [7, 11) is 2.56. The maximum atomic E-state index is 14.5. The van der Waals surface area contributed by atoms with E-state index in [0.29, 0.717) is 12.1 Å². The fourth-order valence-electron chi connectivity index (χ4n) is 12.5. The van der Waals surface area contributed by atoms with E-state index in [1.807, 2.05) is 84.9 Å². The minimum Gasteiger partial charge on any atom is -0.466 e. The summed E-state index contributed by atoms with van der Waals surface area (Å²) >= 11 is 0. The summed E-state index contributed by atoms with van der Waals surface area (Å²) in [5.41, 5.74) is 15.1. The third kappa shape index (κ3) is 6.13. The predicted molar refractivity (Wildman–Crippen MR) is 270 cm³/mol. The lowest BCUT2D eigenvalue weighted by Crippen LogP contribution is -2.48. The molecule has 3 fully saturated rings. The van der Waals surface area contributed by atoms with E-state index >= 15 is 0 Å². The number of amides is 2. The van der Waals surface area contributed by atoms with E-state index in [9.17, 15) is 19.2 Å². The number of imide groups is 1. The molecule has 3 aliphatic heterocycles. The van der Waals surface area contributed by atoms with Gasteiger partial charge >= 0.3 is 11.9 Å². The highest BCUT2D eigenvalue weighted by Gasteiger charge is 2.73. The van der Waals surface area contributed by atoms with Crippen LogP contribution in [0.15, 0.2) is 151 Å². The second kappa shape index (κ2) is 16.0. The zero-order valence-corrected chi connectivity index (χ0v) is 38.1. The van der Waals surface area contributed by atoms with Crippen molar-refractivity contribution in [2.24, 2.45) is 35.5 Å². The van der Waals surface area contributed by atoms with Crippen LogP contribution < -0.4 is 4.90 Å². The molecule has 1 saturated heterocycles. The summed E-state index contributed by atoms with van der Waals surface area (Å²) in [6.45, 7) is 0. The van der Waals surface area contributed by atoms with Crippen LogP contribution in [0.5, 0.6) is 0 Å². The average Bonchev–Trinajstić information content (AvgIpc) is 4.27. The summed E-state index contributed by atoms with van der Waals surface area (Å²) < 4.78 is 10.2. The highest BCUT2D eigenvalue weighted by atomic mass is 16.5. The third-order valence-electron chi connectivity index (χ3n) is 15.3.